The number of hydrogen-bond acceptors (Lipinski definition) is 2. The molecular weight excluding hydrogens is 334 g/mol. The van der Waals surface area contributed by atoms with Gasteiger partial charge in [0.1, 0.15) is 12.4 Å². The Hall–Kier alpha value is -3.07. The summed E-state index contributed by atoms with van der Waals surface area (Å²) in [5, 5.41) is 3.10. The van der Waals surface area contributed by atoms with Crippen LogP contribution < -0.4 is 10.1 Å². The number of aryl methyl sites for hydroxylation is 2. The molecule has 0 spiro atoms. The van der Waals surface area contributed by atoms with Gasteiger partial charge in [0.2, 0.25) is 0 Å². The number of carbonyl (C=O) groups is 1. The van der Waals surface area contributed by atoms with Crippen molar-refractivity contribution in [3.8, 4) is 5.75 Å². The maximum Gasteiger partial charge on any atom is 0.255 e. The van der Waals surface area contributed by atoms with Crippen molar-refractivity contribution in [2.24, 2.45) is 0 Å². The van der Waals surface area contributed by atoms with E-state index < -0.39 is 0 Å². The lowest BCUT2D eigenvalue weighted by Gasteiger charge is -2.15. The average molecular weight is 359 g/mol. The van der Waals surface area contributed by atoms with Gasteiger partial charge in [0.25, 0.3) is 5.91 Å². The molecule has 0 bridgehead atoms. The number of para-hydroxylation sites is 1. The van der Waals surface area contributed by atoms with Gasteiger partial charge in [0.15, 0.2) is 0 Å². The lowest BCUT2D eigenvalue weighted by Crippen LogP contribution is -2.15. The lowest BCUT2D eigenvalue weighted by atomic mass is 10.0. The van der Waals surface area contributed by atoms with E-state index in [1.165, 1.54) is 0 Å². The fourth-order valence-corrected chi connectivity index (χ4v) is 3.06. The third-order valence-corrected chi connectivity index (χ3v) is 4.58. The maximum atomic E-state index is 12.8. The molecule has 3 nitrogen and oxygen atoms in total. The van der Waals surface area contributed by atoms with E-state index in [1.807, 2.05) is 54.6 Å². The Morgan fingerprint density at radius 3 is 2.19 bits per heavy atom. The van der Waals surface area contributed by atoms with Crippen LogP contribution in [0.4, 0.5) is 5.69 Å². The predicted molar refractivity (Wildman–Crippen MR) is 110 cm³/mol. The molecule has 1 N–H and O–H groups in total. The fourth-order valence-electron chi connectivity index (χ4n) is 3.06. The van der Waals surface area contributed by atoms with Gasteiger partial charge in [-0.2, -0.15) is 0 Å². The predicted octanol–water partition coefficient (Wildman–Crippen LogP) is 5.64. The Morgan fingerprint density at radius 1 is 0.852 bits per heavy atom. The second kappa shape index (κ2) is 9.04. The SMILES string of the molecule is CCc1cccc(CC)c1NC(=O)c1cccc(OCc2ccccc2)c1. The molecule has 138 valence electrons. The van der Waals surface area contributed by atoms with E-state index in [0.717, 1.165) is 35.2 Å². The first kappa shape index (κ1) is 18.7. The smallest absolute Gasteiger partial charge is 0.255 e. The number of rotatable bonds is 7. The summed E-state index contributed by atoms with van der Waals surface area (Å²) in [7, 11) is 0. The summed E-state index contributed by atoms with van der Waals surface area (Å²) in [6.45, 7) is 4.68. The standard InChI is InChI=1S/C24H25NO2/c1-3-19-12-8-13-20(4-2)23(19)25-24(26)21-14-9-15-22(16-21)27-17-18-10-6-5-7-11-18/h5-16H,3-4,17H2,1-2H3,(H,25,26). The van der Waals surface area contributed by atoms with Crippen LogP contribution in [0.15, 0.2) is 72.8 Å². The van der Waals surface area contributed by atoms with Gasteiger partial charge in [0, 0.05) is 11.3 Å². The summed E-state index contributed by atoms with van der Waals surface area (Å²) in [6.07, 6.45) is 1.76. The zero-order chi connectivity index (χ0) is 19.1. The van der Waals surface area contributed by atoms with Crippen LogP contribution in [0.25, 0.3) is 0 Å². The summed E-state index contributed by atoms with van der Waals surface area (Å²) < 4.78 is 5.84. The molecule has 0 unspecified atom stereocenters. The molecule has 0 fully saturated rings. The number of amides is 1. The highest BCUT2D eigenvalue weighted by molar-refractivity contribution is 6.05. The van der Waals surface area contributed by atoms with Crippen molar-refractivity contribution in [2.45, 2.75) is 33.3 Å². The van der Waals surface area contributed by atoms with Crippen molar-refractivity contribution < 1.29 is 9.53 Å². The molecule has 0 aliphatic rings. The first-order valence-corrected chi connectivity index (χ1v) is 9.40. The van der Waals surface area contributed by atoms with Gasteiger partial charge in [-0.15, -0.1) is 0 Å². The van der Waals surface area contributed by atoms with E-state index in [4.69, 9.17) is 4.74 Å². The number of nitrogens with one attached hydrogen (secondary N) is 1. The number of anilines is 1. The van der Waals surface area contributed by atoms with E-state index >= 15 is 0 Å². The van der Waals surface area contributed by atoms with Crippen LogP contribution >= 0.6 is 0 Å². The Labute approximate surface area is 161 Å². The van der Waals surface area contributed by atoms with Crippen molar-refractivity contribution in [2.75, 3.05) is 5.32 Å². The number of benzene rings is 3. The first-order valence-electron chi connectivity index (χ1n) is 9.40. The second-order valence-corrected chi connectivity index (χ2v) is 6.41. The second-order valence-electron chi connectivity index (χ2n) is 6.41. The molecule has 0 radical (unpaired) electrons. The van der Waals surface area contributed by atoms with E-state index in [2.05, 4.69) is 31.3 Å². The van der Waals surface area contributed by atoms with Crippen molar-refractivity contribution in [3.05, 3.63) is 95.1 Å². The number of hydrogen-bond donors (Lipinski definition) is 1. The maximum absolute atomic E-state index is 12.8. The summed E-state index contributed by atoms with van der Waals surface area (Å²) >= 11 is 0. The topological polar surface area (TPSA) is 38.3 Å². The minimum Gasteiger partial charge on any atom is -0.489 e. The molecule has 0 atom stereocenters. The molecule has 0 aromatic heterocycles. The van der Waals surface area contributed by atoms with E-state index in [0.29, 0.717) is 17.9 Å². The molecule has 27 heavy (non-hydrogen) atoms. The molecule has 0 saturated carbocycles. The molecule has 0 aliphatic carbocycles. The van der Waals surface area contributed by atoms with E-state index in [1.54, 1.807) is 6.07 Å². The Balaban J connectivity index is 1.74. The van der Waals surface area contributed by atoms with Crippen LogP contribution in [0.1, 0.15) is 40.9 Å². The minimum atomic E-state index is -0.115. The Morgan fingerprint density at radius 2 is 1.52 bits per heavy atom. The van der Waals surface area contributed by atoms with Crippen LogP contribution in [0.5, 0.6) is 5.75 Å². The highest BCUT2D eigenvalue weighted by atomic mass is 16.5. The van der Waals surface area contributed by atoms with Crippen molar-refractivity contribution >= 4 is 11.6 Å². The zero-order valence-electron chi connectivity index (χ0n) is 15.9. The van der Waals surface area contributed by atoms with Gasteiger partial charge in [-0.3, -0.25) is 4.79 Å². The summed E-state index contributed by atoms with van der Waals surface area (Å²) in [5.41, 5.74) is 4.92. The number of carbonyl (C=O) groups excluding carboxylic acids is 1. The quantitative estimate of drug-likeness (QED) is 0.592. The Kier molecular flexibility index (Phi) is 6.26. The molecule has 0 aliphatic heterocycles. The normalized spacial score (nSPS) is 10.4. The summed E-state index contributed by atoms with van der Waals surface area (Å²) in [4.78, 5) is 12.8. The molecule has 3 heteroatoms. The van der Waals surface area contributed by atoms with E-state index in [-0.39, 0.29) is 5.91 Å². The third kappa shape index (κ3) is 4.76. The molecule has 3 aromatic carbocycles. The van der Waals surface area contributed by atoms with Crippen LogP contribution in [0.3, 0.4) is 0 Å². The van der Waals surface area contributed by atoms with Crippen LogP contribution in [-0.4, -0.2) is 5.91 Å². The van der Waals surface area contributed by atoms with Crippen LogP contribution in [0, 0.1) is 0 Å². The fraction of sp³-hybridized carbons (Fsp3) is 0.208. The van der Waals surface area contributed by atoms with Crippen molar-refractivity contribution in [1.29, 1.82) is 0 Å². The Bertz CT molecular complexity index is 881. The van der Waals surface area contributed by atoms with Gasteiger partial charge in [-0.05, 0) is 47.7 Å². The number of ether oxygens (including phenoxy) is 1. The average Bonchev–Trinajstić information content (AvgIpc) is 2.73. The summed E-state index contributed by atoms with van der Waals surface area (Å²) in [6, 6.07) is 23.5. The van der Waals surface area contributed by atoms with Gasteiger partial charge in [-0.1, -0.05) is 68.4 Å². The minimum absolute atomic E-state index is 0.115. The van der Waals surface area contributed by atoms with Crippen molar-refractivity contribution in [3.63, 3.8) is 0 Å². The molecule has 0 saturated heterocycles. The molecule has 0 heterocycles. The van der Waals surface area contributed by atoms with Gasteiger partial charge >= 0.3 is 0 Å². The van der Waals surface area contributed by atoms with Crippen LogP contribution in [-0.2, 0) is 19.4 Å². The molecule has 3 rings (SSSR count). The van der Waals surface area contributed by atoms with Gasteiger partial charge in [-0.25, -0.2) is 0 Å². The first-order chi connectivity index (χ1) is 13.2. The van der Waals surface area contributed by atoms with Gasteiger partial charge < -0.3 is 10.1 Å². The summed E-state index contributed by atoms with van der Waals surface area (Å²) in [5.74, 6) is 0.571. The monoisotopic (exact) mass is 359 g/mol. The highest BCUT2D eigenvalue weighted by Gasteiger charge is 2.12. The van der Waals surface area contributed by atoms with Crippen molar-refractivity contribution in [1.82, 2.24) is 0 Å². The highest BCUT2D eigenvalue weighted by Crippen LogP contribution is 2.24. The molecular formula is C24H25NO2. The van der Waals surface area contributed by atoms with E-state index in [9.17, 15) is 4.79 Å². The molecule has 3 aromatic rings. The third-order valence-electron chi connectivity index (χ3n) is 4.58. The van der Waals surface area contributed by atoms with Gasteiger partial charge in [0.05, 0.1) is 0 Å². The zero-order valence-corrected chi connectivity index (χ0v) is 15.9. The largest absolute Gasteiger partial charge is 0.489 e. The molecule has 1 amide bonds. The lowest BCUT2D eigenvalue weighted by molar-refractivity contribution is 0.102. The van der Waals surface area contributed by atoms with Crippen LogP contribution in [0.2, 0.25) is 0 Å².